The van der Waals surface area contributed by atoms with Crippen molar-refractivity contribution in [1.82, 2.24) is 15.1 Å². The smallest absolute Gasteiger partial charge is 0.0190 e. The quantitative estimate of drug-likeness (QED) is 0.797. The molecule has 0 bridgehead atoms. The molecule has 0 spiro atoms. The summed E-state index contributed by atoms with van der Waals surface area (Å²) in [6.45, 7) is 9.97. The first-order valence-corrected chi connectivity index (χ1v) is 8.42. The van der Waals surface area contributed by atoms with Crippen molar-refractivity contribution in [3.63, 3.8) is 0 Å². The van der Waals surface area contributed by atoms with Crippen LogP contribution in [0.4, 0.5) is 0 Å². The predicted molar refractivity (Wildman–Crippen MR) is 82.7 cm³/mol. The maximum absolute atomic E-state index is 3.65. The summed E-state index contributed by atoms with van der Waals surface area (Å²) in [6.07, 6.45) is 9.70. The van der Waals surface area contributed by atoms with Crippen LogP contribution in [-0.4, -0.2) is 61.7 Å². The first kappa shape index (κ1) is 15.3. The maximum Gasteiger partial charge on any atom is 0.0190 e. The van der Waals surface area contributed by atoms with Gasteiger partial charge in [0.1, 0.15) is 0 Å². The predicted octanol–water partition coefficient (Wildman–Crippen LogP) is 2.33. The Morgan fingerprint density at radius 2 is 1.47 bits per heavy atom. The van der Waals surface area contributed by atoms with Crippen LogP contribution < -0.4 is 5.32 Å². The number of nitrogens with zero attached hydrogens (tertiary/aromatic N) is 2. The van der Waals surface area contributed by atoms with Gasteiger partial charge in [-0.3, -0.25) is 0 Å². The van der Waals surface area contributed by atoms with E-state index in [1.807, 2.05) is 0 Å². The van der Waals surface area contributed by atoms with Crippen molar-refractivity contribution in [2.24, 2.45) is 0 Å². The van der Waals surface area contributed by atoms with Crippen molar-refractivity contribution in [2.75, 3.05) is 46.3 Å². The minimum Gasteiger partial charge on any atom is -0.314 e. The molecular formula is C16H33N3. The molecule has 3 heteroatoms. The number of rotatable bonds is 6. The normalized spacial score (nSPS) is 25.6. The van der Waals surface area contributed by atoms with Crippen LogP contribution in [0.2, 0.25) is 0 Å². The lowest BCUT2D eigenvalue weighted by atomic mass is 9.79. The highest BCUT2D eigenvalue weighted by molar-refractivity contribution is 4.90. The van der Waals surface area contributed by atoms with Gasteiger partial charge < -0.3 is 15.1 Å². The molecule has 0 aromatic heterocycles. The van der Waals surface area contributed by atoms with Crippen LogP contribution in [0.3, 0.4) is 0 Å². The molecule has 0 unspecified atom stereocenters. The van der Waals surface area contributed by atoms with Gasteiger partial charge in [-0.25, -0.2) is 0 Å². The Kier molecular flexibility index (Phi) is 6.11. The van der Waals surface area contributed by atoms with Crippen LogP contribution in [0.5, 0.6) is 0 Å². The molecule has 1 saturated carbocycles. The van der Waals surface area contributed by atoms with Gasteiger partial charge >= 0.3 is 0 Å². The number of nitrogens with one attached hydrogen (secondary N) is 1. The highest BCUT2D eigenvalue weighted by Gasteiger charge is 2.30. The zero-order chi connectivity index (χ0) is 13.6. The molecule has 19 heavy (non-hydrogen) atoms. The highest BCUT2D eigenvalue weighted by atomic mass is 15.3. The molecule has 2 rings (SSSR count). The zero-order valence-electron chi connectivity index (χ0n) is 13.1. The summed E-state index contributed by atoms with van der Waals surface area (Å²) >= 11 is 0. The molecule has 0 amide bonds. The lowest BCUT2D eigenvalue weighted by Gasteiger charge is -2.40. The van der Waals surface area contributed by atoms with Crippen molar-refractivity contribution in [2.45, 2.75) is 57.4 Å². The first-order valence-electron chi connectivity index (χ1n) is 8.42. The van der Waals surface area contributed by atoms with E-state index in [1.165, 1.54) is 84.2 Å². The van der Waals surface area contributed by atoms with E-state index in [-0.39, 0.29) is 0 Å². The van der Waals surface area contributed by atoms with Crippen LogP contribution in [0.1, 0.15) is 51.9 Å². The van der Waals surface area contributed by atoms with Crippen molar-refractivity contribution < 1.29 is 0 Å². The third kappa shape index (κ3) is 4.44. The Bertz CT molecular complexity index is 240. The summed E-state index contributed by atoms with van der Waals surface area (Å²) in [5.41, 5.74) is 0.457. The minimum absolute atomic E-state index is 0.457. The highest BCUT2D eigenvalue weighted by Crippen LogP contribution is 2.30. The molecule has 1 N–H and O–H groups in total. The third-order valence-electron chi connectivity index (χ3n) is 5.25. The molecule has 1 aliphatic carbocycles. The van der Waals surface area contributed by atoms with E-state index in [4.69, 9.17) is 0 Å². The minimum atomic E-state index is 0.457. The molecule has 1 saturated heterocycles. The summed E-state index contributed by atoms with van der Waals surface area (Å²) in [7, 11) is 2.17. The second kappa shape index (κ2) is 7.61. The number of piperazine rings is 1. The van der Waals surface area contributed by atoms with Crippen molar-refractivity contribution in [3.05, 3.63) is 0 Å². The van der Waals surface area contributed by atoms with E-state index >= 15 is 0 Å². The number of hydrogen-bond donors (Lipinski definition) is 1. The Hall–Kier alpha value is -0.120. The summed E-state index contributed by atoms with van der Waals surface area (Å²) in [4.78, 5) is 5.30. The van der Waals surface area contributed by atoms with Gasteiger partial charge in [-0.15, -0.1) is 0 Å². The molecule has 112 valence electrons. The van der Waals surface area contributed by atoms with Crippen molar-refractivity contribution in [1.29, 1.82) is 0 Å². The summed E-state index contributed by atoms with van der Waals surface area (Å²) in [5.74, 6) is 0. The van der Waals surface area contributed by atoms with E-state index in [9.17, 15) is 0 Å². The van der Waals surface area contributed by atoms with E-state index in [2.05, 4.69) is 29.1 Å². The molecule has 0 aromatic carbocycles. The lowest BCUT2D eigenvalue weighted by Crippen LogP contribution is -2.50. The van der Waals surface area contributed by atoms with Gasteiger partial charge in [0.15, 0.2) is 0 Å². The number of hydrogen-bond acceptors (Lipinski definition) is 3. The Balaban J connectivity index is 1.70. The van der Waals surface area contributed by atoms with Crippen molar-refractivity contribution in [3.8, 4) is 0 Å². The fourth-order valence-corrected chi connectivity index (χ4v) is 3.78. The molecular weight excluding hydrogens is 234 g/mol. The molecule has 3 nitrogen and oxygen atoms in total. The molecule has 0 radical (unpaired) electrons. The molecule has 2 fully saturated rings. The van der Waals surface area contributed by atoms with E-state index < -0.39 is 0 Å². The maximum atomic E-state index is 3.65. The summed E-state index contributed by atoms with van der Waals surface area (Å²) in [6, 6.07) is 0. The largest absolute Gasteiger partial charge is 0.314 e. The SMILES string of the molecule is CCCN1CCN(CCC2(NC)CCCCC2)CC1. The Morgan fingerprint density at radius 3 is 2.00 bits per heavy atom. The standard InChI is InChI=1S/C16H33N3/c1-3-10-18-12-14-19(15-13-18)11-9-16(17-2)7-5-4-6-8-16/h17H,3-15H2,1-2H3. The van der Waals surface area contributed by atoms with Gasteiger partial charge in [-0.1, -0.05) is 26.2 Å². The van der Waals surface area contributed by atoms with Crippen LogP contribution in [0, 0.1) is 0 Å². The van der Waals surface area contributed by atoms with Crippen LogP contribution >= 0.6 is 0 Å². The van der Waals surface area contributed by atoms with E-state index in [0.717, 1.165) is 0 Å². The topological polar surface area (TPSA) is 18.5 Å². The molecule has 0 aromatic rings. The second-order valence-electron chi connectivity index (χ2n) is 6.52. The van der Waals surface area contributed by atoms with E-state index in [1.54, 1.807) is 0 Å². The molecule has 2 aliphatic rings. The van der Waals surface area contributed by atoms with Crippen LogP contribution in [0.15, 0.2) is 0 Å². The fraction of sp³-hybridized carbons (Fsp3) is 1.00. The summed E-state index contributed by atoms with van der Waals surface area (Å²) < 4.78 is 0. The van der Waals surface area contributed by atoms with Crippen LogP contribution in [0.25, 0.3) is 0 Å². The molecule has 1 heterocycles. The average Bonchev–Trinajstić information content (AvgIpc) is 2.48. The fourth-order valence-electron chi connectivity index (χ4n) is 3.78. The van der Waals surface area contributed by atoms with Gasteiger partial charge in [0.25, 0.3) is 0 Å². The van der Waals surface area contributed by atoms with Crippen molar-refractivity contribution >= 4 is 0 Å². The average molecular weight is 267 g/mol. The monoisotopic (exact) mass is 267 g/mol. The van der Waals surface area contributed by atoms with E-state index in [0.29, 0.717) is 5.54 Å². The first-order chi connectivity index (χ1) is 9.28. The molecule has 0 atom stereocenters. The van der Waals surface area contributed by atoms with Gasteiger partial charge in [0, 0.05) is 31.7 Å². The lowest BCUT2D eigenvalue weighted by molar-refractivity contribution is 0.114. The third-order valence-corrected chi connectivity index (χ3v) is 5.25. The van der Waals surface area contributed by atoms with Gasteiger partial charge in [0.05, 0.1) is 0 Å². The Labute approximate surface area is 119 Å². The van der Waals surface area contributed by atoms with Gasteiger partial charge in [0.2, 0.25) is 0 Å². The van der Waals surface area contributed by atoms with Crippen LogP contribution in [-0.2, 0) is 0 Å². The van der Waals surface area contributed by atoms with Gasteiger partial charge in [-0.2, -0.15) is 0 Å². The van der Waals surface area contributed by atoms with Gasteiger partial charge in [-0.05, 0) is 45.8 Å². The zero-order valence-corrected chi connectivity index (χ0v) is 13.1. The molecule has 1 aliphatic heterocycles. The summed E-state index contributed by atoms with van der Waals surface area (Å²) in [5, 5.41) is 3.65. The second-order valence-corrected chi connectivity index (χ2v) is 6.52. The Morgan fingerprint density at radius 1 is 0.895 bits per heavy atom.